The number of nitro benzene ring substituents is 1. The number of methoxy groups -OCH3 is 1. The molecule has 0 aliphatic carbocycles. The van der Waals surface area contributed by atoms with Gasteiger partial charge in [0.25, 0.3) is 17.3 Å². The molecule has 10 nitrogen and oxygen atoms in total. The van der Waals surface area contributed by atoms with E-state index in [2.05, 4.69) is 0 Å². The van der Waals surface area contributed by atoms with Crippen LogP contribution in [-0.4, -0.2) is 41.6 Å². The van der Waals surface area contributed by atoms with Crippen molar-refractivity contribution in [2.45, 2.75) is 5.72 Å². The van der Waals surface area contributed by atoms with Crippen LogP contribution in [0.5, 0.6) is 0 Å². The monoisotopic (exact) mass is 372 g/mol. The number of fused-ring (bicyclic) bond motifs is 1. The van der Waals surface area contributed by atoms with E-state index in [1.165, 1.54) is 37.3 Å². The number of carbonyl (C=O) groups is 1. The van der Waals surface area contributed by atoms with E-state index in [0.717, 1.165) is 0 Å². The van der Waals surface area contributed by atoms with Gasteiger partial charge in [-0.2, -0.15) is 0 Å². The molecule has 0 radical (unpaired) electrons. The van der Waals surface area contributed by atoms with Gasteiger partial charge in [0.05, 0.1) is 10.6 Å². The molecule has 3 rings (SSSR count). The van der Waals surface area contributed by atoms with Crippen molar-refractivity contribution >= 4 is 17.3 Å². The average Bonchev–Trinajstić information content (AvgIpc) is 2.76. The lowest BCUT2D eigenvalue weighted by Crippen LogP contribution is -2.52. The minimum absolute atomic E-state index is 0.135. The minimum atomic E-state index is -1.83. The molecule has 0 spiro atoms. The third-order valence-electron chi connectivity index (χ3n) is 4.60. The third-order valence-corrected chi connectivity index (χ3v) is 4.60. The van der Waals surface area contributed by atoms with Crippen molar-refractivity contribution in [2.75, 3.05) is 25.6 Å². The molecule has 0 aromatic heterocycles. The van der Waals surface area contributed by atoms with Crippen molar-refractivity contribution in [1.82, 2.24) is 5.01 Å². The van der Waals surface area contributed by atoms with Crippen molar-refractivity contribution in [3.8, 4) is 0 Å². The molecule has 0 saturated carbocycles. The second-order valence-electron chi connectivity index (χ2n) is 5.92. The Kier molecular flexibility index (Phi) is 4.50. The zero-order valence-corrected chi connectivity index (χ0v) is 14.6. The largest absolute Gasteiger partial charge is 0.347 e. The van der Waals surface area contributed by atoms with Crippen LogP contribution in [0.2, 0.25) is 0 Å². The van der Waals surface area contributed by atoms with E-state index < -0.39 is 28.1 Å². The highest BCUT2D eigenvalue weighted by molar-refractivity contribution is 5.96. The fourth-order valence-corrected chi connectivity index (χ4v) is 3.29. The van der Waals surface area contributed by atoms with Crippen molar-refractivity contribution in [1.29, 1.82) is 0 Å². The number of anilines is 1. The Bertz CT molecular complexity index is 919. The summed E-state index contributed by atoms with van der Waals surface area (Å²) in [6.07, 6.45) is 0. The van der Waals surface area contributed by atoms with Crippen LogP contribution in [-0.2, 0) is 15.3 Å². The van der Waals surface area contributed by atoms with Crippen molar-refractivity contribution in [3.63, 3.8) is 0 Å². The van der Waals surface area contributed by atoms with Gasteiger partial charge in [0, 0.05) is 37.4 Å². The van der Waals surface area contributed by atoms with E-state index in [9.17, 15) is 25.0 Å². The molecular weight excluding hydrogens is 356 g/mol. The molecule has 1 unspecified atom stereocenters. The number of benzene rings is 2. The molecule has 140 valence electrons. The van der Waals surface area contributed by atoms with Gasteiger partial charge in [-0.05, 0) is 6.07 Å². The number of nitrogens with zero attached hydrogens (tertiary/aromatic N) is 4. The summed E-state index contributed by atoms with van der Waals surface area (Å²) in [6.45, 7) is -0.575. The van der Waals surface area contributed by atoms with Gasteiger partial charge < -0.3 is 9.64 Å². The molecular formula is C17H16N4O6. The number of rotatable bonds is 4. The number of nitro groups is 2. The standard InChI is InChI=1S/C17H16N4O6/c1-18-15-9-8-13(20(23)24)10-14(15)17(27-2,12-6-4-3-5-7-12)19(21(25)26)11-16(18)22/h3-10H,11H2,1-2H3. The number of hydrogen-bond acceptors (Lipinski definition) is 6. The van der Waals surface area contributed by atoms with Gasteiger partial charge in [0.15, 0.2) is 11.6 Å². The van der Waals surface area contributed by atoms with Gasteiger partial charge in [0.2, 0.25) is 0 Å². The van der Waals surface area contributed by atoms with Crippen molar-refractivity contribution in [3.05, 3.63) is 79.9 Å². The number of amides is 1. The third kappa shape index (κ3) is 2.75. The first-order valence-electron chi connectivity index (χ1n) is 7.91. The summed E-state index contributed by atoms with van der Waals surface area (Å²) in [6, 6.07) is 12.1. The Morgan fingerprint density at radius 1 is 1.11 bits per heavy atom. The Morgan fingerprint density at radius 3 is 2.33 bits per heavy atom. The zero-order valence-electron chi connectivity index (χ0n) is 14.6. The maximum atomic E-state index is 12.5. The summed E-state index contributed by atoms with van der Waals surface area (Å²) in [5.74, 6) is -0.545. The Morgan fingerprint density at radius 2 is 1.78 bits per heavy atom. The predicted molar refractivity (Wildman–Crippen MR) is 94.4 cm³/mol. The first-order valence-corrected chi connectivity index (χ1v) is 7.91. The van der Waals surface area contributed by atoms with Gasteiger partial charge in [-0.25, -0.2) is 10.1 Å². The number of ether oxygens (including phenoxy) is 1. The summed E-state index contributed by atoms with van der Waals surface area (Å²) in [7, 11) is 2.73. The molecule has 1 aliphatic rings. The highest BCUT2D eigenvalue weighted by Gasteiger charge is 2.53. The summed E-state index contributed by atoms with van der Waals surface area (Å²) in [5, 5.41) is 23.1. The predicted octanol–water partition coefficient (Wildman–Crippen LogP) is 1.91. The molecule has 0 bridgehead atoms. The summed E-state index contributed by atoms with van der Waals surface area (Å²) >= 11 is 0. The maximum Gasteiger partial charge on any atom is 0.270 e. The molecule has 10 heteroatoms. The van der Waals surface area contributed by atoms with Gasteiger partial charge in [-0.3, -0.25) is 14.9 Å². The van der Waals surface area contributed by atoms with Crippen LogP contribution >= 0.6 is 0 Å². The molecule has 2 aromatic rings. The lowest BCUT2D eigenvalue weighted by atomic mass is 9.91. The Labute approximate surface area is 153 Å². The van der Waals surface area contributed by atoms with Gasteiger partial charge in [-0.1, -0.05) is 35.3 Å². The minimum Gasteiger partial charge on any atom is -0.347 e. The molecule has 0 saturated heterocycles. The molecule has 1 aliphatic heterocycles. The van der Waals surface area contributed by atoms with Crippen LogP contribution in [0.3, 0.4) is 0 Å². The Hall–Kier alpha value is -3.53. The highest BCUT2D eigenvalue weighted by Crippen LogP contribution is 2.44. The number of likely N-dealkylation sites (N-methyl/N-ethyl adjacent to an activating group) is 1. The first kappa shape index (κ1) is 18.3. The van der Waals surface area contributed by atoms with Crippen LogP contribution in [0.4, 0.5) is 11.4 Å². The normalized spacial score (nSPS) is 19.4. The van der Waals surface area contributed by atoms with Gasteiger partial charge in [-0.15, -0.1) is 0 Å². The van der Waals surface area contributed by atoms with E-state index in [-0.39, 0.29) is 11.3 Å². The van der Waals surface area contributed by atoms with E-state index in [4.69, 9.17) is 4.74 Å². The summed E-state index contributed by atoms with van der Waals surface area (Å²) in [5.41, 5.74) is -1.30. The lowest BCUT2D eigenvalue weighted by molar-refractivity contribution is -0.686. The second kappa shape index (κ2) is 6.65. The van der Waals surface area contributed by atoms with Gasteiger partial charge in [0.1, 0.15) is 0 Å². The van der Waals surface area contributed by atoms with Crippen molar-refractivity contribution in [2.24, 2.45) is 0 Å². The van der Waals surface area contributed by atoms with Crippen LogP contribution in [0.15, 0.2) is 48.5 Å². The van der Waals surface area contributed by atoms with E-state index in [0.29, 0.717) is 16.3 Å². The number of carbonyl (C=O) groups excluding carboxylic acids is 1. The van der Waals surface area contributed by atoms with Crippen LogP contribution < -0.4 is 4.90 Å². The summed E-state index contributed by atoms with van der Waals surface area (Å²) in [4.78, 5) is 36.4. The molecule has 1 atom stereocenters. The molecule has 2 aromatic carbocycles. The Balaban J connectivity index is 2.44. The molecule has 27 heavy (non-hydrogen) atoms. The molecule has 0 fully saturated rings. The first-order chi connectivity index (χ1) is 12.8. The highest BCUT2D eigenvalue weighted by atomic mass is 16.7. The van der Waals surface area contributed by atoms with E-state index in [1.54, 1.807) is 30.3 Å². The van der Waals surface area contributed by atoms with Crippen LogP contribution in [0.1, 0.15) is 11.1 Å². The average molecular weight is 372 g/mol. The molecule has 1 heterocycles. The van der Waals surface area contributed by atoms with E-state index in [1.807, 2.05) is 0 Å². The fraction of sp³-hybridized carbons (Fsp3) is 0.235. The number of hydrogen-bond donors (Lipinski definition) is 0. The lowest BCUT2D eigenvalue weighted by Gasteiger charge is -2.36. The molecule has 1 amide bonds. The summed E-state index contributed by atoms with van der Waals surface area (Å²) < 4.78 is 5.66. The second-order valence-corrected chi connectivity index (χ2v) is 5.92. The van der Waals surface area contributed by atoms with Gasteiger partial charge >= 0.3 is 0 Å². The number of hydrazine groups is 1. The van der Waals surface area contributed by atoms with Crippen LogP contribution in [0, 0.1) is 20.2 Å². The van der Waals surface area contributed by atoms with Crippen LogP contribution in [0.25, 0.3) is 0 Å². The smallest absolute Gasteiger partial charge is 0.270 e. The topological polar surface area (TPSA) is 119 Å². The van der Waals surface area contributed by atoms with E-state index >= 15 is 0 Å². The quantitative estimate of drug-likeness (QED) is 0.594. The number of non-ortho nitro benzene ring substituents is 1. The SMILES string of the molecule is COC1(c2ccccc2)c2cc([N+](=O)[O-])ccc2N(C)C(=O)CN1[N+](=O)[O-]. The maximum absolute atomic E-state index is 12.5. The zero-order chi connectivity index (χ0) is 19.8. The van der Waals surface area contributed by atoms with Crippen molar-refractivity contribution < 1.29 is 19.5 Å². The fourth-order valence-electron chi connectivity index (χ4n) is 3.29. The molecule has 0 N–H and O–H groups in total.